The molecule has 92 valence electrons. The molecule has 0 atom stereocenters. The van der Waals surface area contributed by atoms with Gasteiger partial charge in [-0.1, -0.05) is 12.5 Å². The molecule has 0 aliphatic heterocycles. The molecule has 2 aliphatic carbocycles. The molecule has 17 heavy (non-hydrogen) atoms. The zero-order valence-electron chi connectivity index (χ0n) is 9.92. The molecule has 0 spiro atoms. The predicted molar refractivity (Wildman–Crippen MR) is 72.4 cm³/mol. The molecule has 1 aromatic carbocycles. The van der Waals surface area contributed by atoms with Crippen molar-refractivity contribution < 1.29 is 4.74 Å². The van der Waals surface area contributed by atoms with Gasteiger partial charge in [0.15, 0.2) is 0 Å². The molecular weight excluding hydrogens is 278 g/mol. The molecule has 3 heteroatoms. The molecule has 1 aromatic rings. The first kappa shape index (κ1) is 11.5. The molecule has 0 unspecified atom stereocenters. The lowest BCUT2D eigenvalue weighted by atomic mass is 9.64. The fourth-order valence-electron chi connectivity index (χ4n) is 2.51. The van der Waals surface area contributed by atoms with Crippen molar-refractivity contribution in [1.82, 2.24) is 0 Å². The number of nitrogens with two attached hydrogens (primary N) is 1. The van der Waals surface area contributed by atoms with Crippen molar-refractivity contribution in [3.63, 3.8) is 0 Å². The summed E-state index contributed by atoms with van der Waals surface area (Å²) in [4.78, 5) is 0. The predicted octanol–water partition coefficient (Wildman–Crippen LogP) is 3.37. The fourth-order valence-corrected chi connectivity index (χ4v) is 2.98. The molecule has 2 fully saturated rings. The van der Waals surface area contributed by atoms with Crippen molar-refractivity contribution in [3.05, 3.63) is 28.2 Å². The molecule has 0 bridgehead atoms. The van der Waals surface area contributed by atoms with Crippen LogP contribution in [-0.2, 0) is 5.41 Å². The Morgan fingerprint density at radius 1 is 1.35 bits per heavy atom. The van der Waals surface area contributed by atoms with Crippen LogP contribution in [0, 0.1) is 0 Å². The number of benzene rings is 1. The van der Waals surface area contributed by atoms with Gasteiger partial charge in [0.2, 0.25) is 0 Å². The molecule has 0 aromatic heterocycles. The lowest BCUT2D eigenvalue weighted by Gasteiger charge is -2.41. The minimum absolute atomic E-state index is 0.237. The Hall–Kier alpha value is -0.540. The van der Waals surface area contributed by atoms with Crippen molar-refractivity contribution in [1.29, 1.82) is 0 Å². The second kappa shape index (κ2) is 4.29. The monoisotopic (exact) mass is 295 g/mol. The van der Waals surface area contributed by atoms with Gasteiger partial charge in [-0.15, -0.1) is 0 Å². The van der Waals surface area contributed by atoms with Crippen molar-refractivity contribution in [2.45, 2.75) is 43.6 Å². The van der Waals surface area contributed by atoms with Gasteiger partial charge in [0.05, 0.1) is 10.6 Å². The first-order valence-electron chi connectivity index (χ1n) is 6.40. The van der Waals surface area contributed by atoms with E-state index in [4.69, 9.17) is 10.5 Å². The smallest absolute Gasteiger partial charge is 0.133 e. The number of ether oxygens (including phenoxy) is 1. The second-order valence-electron chi connectivity index (χ2n) is 5.30. The summed E-state index contributed by atoms with van der Waals surface area (Å²) in [5.74, 6) is 0.975. The largest absolute Gasteiger partial charge is 0.489 e. The van der Waals surface area contributed by atoms with Gasteiger partial charge in [-0.2, -0.15) is 0 Å². The highest BCUT2D eigenvalue weighted by atomic mass is 79.9. The van der Waals surface area contributed by atoms with Crippen LogP contribution in [0.25, 0.3) is 0 Å². The van der Waals surface area contributed by atoms with E-state index in [0.29, 0.717) is 6.10 Å². The van der Waals surface area contributed by atoms with Crippen LogP contribution in [0.3, 0.4) is 0 Å². The number of halogens is 1. The van der Waals surface area contributed by atoms with E-state index in [0.717, 1.165) is 16.8 Å². The Bertz CT molecular complexity index is 419. The summed E-state index contributed by atoms with van der Waals surface area (Å²) in [6.45, 7) is 0.752. The van der Waals surface area contributed by atoms with Crippen LogP contribution < -0.4 is 10.5 Å². The molecule has 2 N–H and O–H groups in total. The Labute approximate surface area is 111 Å². The third-order valence-electron chi connectivity index (χ3n) is 4.06. The van der Waals surface area contributed by atoms with Crippen LogP contribution in [0.1, 0.15) is 37.7 Å². The van der Waals surface area contributed by atoms with Gasteiger partial charge in [0.1, 0.15) is 5.75 Å². The molecule has 0 amide bonds. The van der Waals surface area contributed by atoms with Gasteiger partial charge >= 0.3 is 0 Å². The van der Waals surface area contributed by atoms with Crippen LogP contribution in [0.15, 0.2) is 22.7 Å². The van der Waals surface area contributed by atoms with Crippen LogP contribution in [0.4, 0.5) is 0 Å². The minimum Gasteiger partial charge on any atom is -0.489 e. The minimum atomic E-state index is 0.237. The third-order valence-corrected chi connectivity index (χ3v) is 4.68. The number of rotatable bonds is 4. The summed E-state index contributed by atoms with van der Waals surface area (Å²) < 4.78 is 6.90. The molecule has 0 radical (unpaired) electrons. The van der Waals surface area contributed by atoms with Gasteiger partial charge in [-0.05, 0) is 59.3 Å². The summed E-state index contributed by atoms with van der Waals surface area (Å²) in [5, 5.41) is 0. The average molecular weight is 296 g/mol. The van der Waals surface area contributed by atoms with Crippen LogP contribution in [0.2, 0.25) is 0 Å². The standard InChI is InChI=1S/C14H18BrNO/c15-12-8-10(14(9-16)6-1-7-14)2-5-13(12)17-11-3-4-11/h2,5,8,11H,1,3-4,6-7,9,16H2. The van der Waals surface area contributed by atoms with Crippen LogP contribution in [0.5, 0.6) is 5.75 Å². The zero-order chi connectivity index (χ0) is 11.9. The highest BCUT2D eigenvalue weighted by Gasteiger charge is 2.37. The van der Waals surface area contributed by atoms with Gasteiger partial charge in [-0.3, -0.25) is 0 Å². The van der Waals surface area contributed by atoms with Crippen molar-refractivity contribution in [2.75, 3.05) is 6.54 Å². The van der Waals surface area contributed by atoms with Gasteiger partial charge < -0.3 is 10.5 Å². The fraction of sp³-hybridized carbons (Fsp3) is 0.571. The number of hydrogen-bond acceptors (Lipinski definition) is 2. The van der Waals surface area contributed by atoms with E-state index in [2.05, 4.69) is 34.1 Å². The molecule has 0 heterocycles. The molecule has 3 rings (SSSR count). The van der Waals surface area contributed by atoms with E-state index < -0.39 is 0 Å². The SMILES string of the molecule is NCC1(c2ccc(OC3CC3)c(Br)c2)CCC1. The zero-order valence-corrected chi connectivity index (χ0v) is 11.5. The average Bonchev–Trinajstić information content (AvgIpc) is 3.05. The van der Waals surface area contributed by atoms with E-state index >= 15 is 0 Å². The van der Waals surface area contributed by atoms with Gasteiger partial charge in [0.25, 0.3) is 0 Å². The van der Waals surface area contributed by atoms with Crippen molar-refractivity contribution >= 4 is 15.9 Å². The Morgan fingerprint density at radius 3 is 2.59 bits per heavy atom. The summed E-state index contributed by atoms with van der Waals surface area (Å²) in [7, 11) is 0. The highest BCUT2D eigenvalue weighted by molar-refractivity contribution is 9.10. The topological polar surface area (TPSA) is 35.2 Å². The highest BCUT2D eigenvalue weighted by Crippen LogP contribution is 2.44. The first-order valence-corrected chi connectivity index (χ1v) is 7.20. The molecular formula is C14H18BrNO. The van der Waals surface area contributed by atoms with Crippen LogP contribution >= 0.6 is 15.9 Å². The third kappa shape index (κ3) is 2.11. The lowest BCUT2D eigenvalue weighted by molar-refractivity contribution is 0.252. The van der Waals surface area contributed by atoms with Gasteiger partial charge in [-0.25, -0.2) is 0 Å². The van der Waals surface area contributed by atoms with E-state index in [1.807, 2.05) is 0 Å². The van der Waals surface area contributed by atoms with Crippen molar-refractivity contribution in [3.8, 4) is 5.75 Å². The summed E-state index contributed by atoms with van der Waals surface area (Å²) in [6, 6.07) is 6.48. The normalized spacial score (nSPS) is 22.0. The van der Waals surface area contributed by atoms with E-state index in [1.54, 1.807) is 0 Å². The number of hydrogen-bond donors (Lipinski definition) is 1. The van der Waals surface area contributed by atoms with E-state index in [9.17, 15) is 0 Å². The summed E-state index contributed by atoms with van der Waals surface area (Å²) >= 11 is 3.61. The molecule has 2 saturated carbocycles. The maximum atomic E-state index is 5.93. The van der Waals surface area contributed by atoms with E-state index in [1.165, 1.54) is 37.7 Å². The maximum Gasteiger partial charge on any atom is 0.133 e. The summed E-state index contributed by atoms with van der Waals surface area (Å²) in [5.41, 5.74) is 7.53. The Balaban J connectivity index is 1.84. The molecule has 0 saturated heterocycles. The quantitative estimate of drug-likeness (QED) is 0.924. The van der Waals surface area contributed by atoms with Crippen LogP contribution in [-0.4, -0.2) is 12.6 Å². The first-order chi connectivity index (χ1) is 8.23. The lowest BCUT2D eigenvalue weighted by Crippen LogP contribution is -2.41. The van der Waals surface area contributed by atoms with Crippen molar-refractivity contribution in [2.24, 2.45) is 5.73 Å². The molecule has 2 nitrogen and oxygen atoms in total. The summed E-state index contributed by atoms with van der Waals surface area (Å²) in [6.07, 6.45) is 6.58. The second-order valence-corrected chi connectivity index (χ2v) is 6.15. The maximum absolute atomic E-state index is 5.93. The molecule has 2 aliphatic rings. The van der Waals surface area contributed by atoms with Gasteiger partial charge in [0, 0.05) is 12.0 Å². The van der Waals surface area contributed by atoms with E-state index in [-0.39, 0.29) is 5.41 Å². The Kier molecular flexibility index (Phi) is 2.91. The Morgan fingerprint density at radius 2 is 2.12 bits per heavy atom.